The number of nitrogens with two attached hydrogens (primary N) is 1. The zero-order chi connectivity index (χ0) is 14.5. The minimum Gasteiger partial charge on any atom is -0.490 e. The second-order valence-corrected chi connectivity index (χ2v) is 5.86. The fourth-order valence-electron chi connectivity index (χ4n) is 3.13. The monoisotopic (exact) mass is 277 g/mol. The Morgan fingerprint density at radius 2 is 1.80 bits per heavy atom. The third-order valence-electron chi connectivity index (χ3n) is 4.15. The largest absolute Gasteiger partial charge is 0.490 e. The van der Waals surface area contributed by atoms with E-state index in [9.17, 15) is 0 Å². The summed E-state index contributed by atoms with van der Waals surface area (Å²) >= 11 is 0. The van der Waals surface area contributed by atoms with Crippen molar-refractivity contribution in [2.24, 2.45) is 5.73 Å². The van der Waals surface area contributed by atoms with E-state index in [1.807, 2.05) is 0 Å². The molecule has 1 saturated carbocycles. The molecule has 1 aromatic carbocycles. The summed E-state index contributed by atoms with van der Waals surface area (Å²) in [4.78, 5) is 0. The van der Waals surface area contributed by atoms with Crippen LogP contribution >= 0.6 is 0 Å². The van der Waals surface area contributed by atoms with Crippen LogP contribution in [0.1, 0.15) is 42.4 Å². The van der Waals surface area contributed by atoms with Crippen molar-refractivity contribution in [3.63, 3.8) is 0 Å². The summed E-state index contributed by atoms with van der Waals surface area (Å²) in [6, 6.07) is 4.40. The van der Waals surface area contributed by atoms with Gasteiger partial charge in [0, 0.05) is 13.5 Å². The van der Waals surface area contributed by atoms with E-state index in [1.54, 1.807) is 7.11 Å². The first-order valence-corrected chi connectivity index (χ1v) is 7.63. The fraction of sp³-hybridized carbons (Fsp3) is 0.647. The van der Waals surface area contributed by atoms with Crippen LogP contribution < -0.4 is 10.5 Å². The summed E-state index contributed by atoms with van der Waals surface area (Å²) in [5.74, 6) is 1.05. The third kappa shape index (κ3) is 3.74. The van der Waals surface area contributed by atoms with Gasteiger partial charge < -0.3 is 15.2 Å². The molecule has 2 rings (SSSR count). The Morgan fingerprint density at radius 3 is 2.40 bits per heavy atom. The molecule has 3 nitrogen and oxygen atoms in total. The molecule has 0 aliphatic heterocycles. The first-order valence-electron chi connectivity index (χ1n) is 7.63. The van der Waals surface area contributed by atoms with Crippen LogP contribution in [0.25, 0.3) is 0 Å². The molecule has 2 atom stereocenters. The van der Waals surface area contributed by atoms with Crippen molar-refractivity contribution in [1.82, 2.24) is 0 Å². The average Bonchev–Trinajstić information content (AvgIpc) is 2.43. The highest BCUT2D eigenvalue weighted by Gasteiger charge is 2.24. The van der Waals surface area contributed by atoms with Gasteiger partial charge in [-0.05, 0) is 62.8 Å². The fourth-order valence-corrected chi connectivity index (χ4v) is 3.13. The van der Waals surface area contributed by atoms with Crippen molar-refractivity contribution < 1.29 is 9.47 Å². The number of hydrogen-bond acceptors (Lipinski definition) is 3. The zero-order valence-corrected chi connectivity index (χ0v) is 12.9. The van der Waals surface area contributed by atoms with Crippen LogP contribution in [0.15, 0.2) is 12.1 Å². The van der Waals surface area contributed by atoms with Crippen molar-refractivity contribution in [2.45, 2.75) is 58.2 Å². The molecule has 0 radical (unpaired) electrons. The molecule has 0 bridgehead atoms. The molecule has 0 spiro atoms. The van der Waals surface area contributed by atoms with E-state index in [2.05, 4.69) is 26.0 Å². The predicted octanol–water partition coefficient (Wildman–Crippen LogP) is 3.14. The molecule has 1 aromatic rings. The maximum atomic E-state index is 6.27. The van der Waals surface area contributed by atoms with Crippen LogP contribution in [-0.4, -0.2) is 25.9 Å². The lowest BCUT2D eigenvalue weighted by molar-refractivity contribution is 0.0205. The van der Waals surface area contributed by atoms with Gasteiger partial charge in [0.25, 0.3) is 0 Å². The minimum atomic E-state index is 0.284. The molecule has 0 amide bonds. The van der Waals surface area contributed by atoms with E-state index in [4.69, 9.17) is 15.2 Å². The van der Waals surface area contributed by atoms with E-state index in [-0.39, 0.29) is 6.10 Å². The van der Waals surface area contributed by atoms with Crippen LogP contribution in [0.2, 0.25) is 0 Å². The first kappa shape index (κ1) is 15.3. The molecule has 1 fully saturated rings. The van der Waals surface area contributed by atoms with Gasteiger partial charge in [0.15, 0.2) is 0 Å². The van der Waals surface area contributed by atoms with Crippen molar-refractivity contribution in [2.75, 3.05) is 13.7 Å². The van der Waals surface area contributed by atoms with Crippen LogP contribution in [0.5, 0.6) is 5.75 Å². The van der Waals surface area contributed by atoms with Gasteiger partial charge in [-0.25, -0.2) is 0 Å². The number of ether oxygens (including phenoxy) is 2. The highest BCUT2D eigenvalue weighted by atomic mass is 16.5. The average molecular weight is 277 g/mol. The van der Waals surface area contributed by atoms with E-state index in [0.717, 1.165) is 31.4 Å². The summed E-state index contributed by atoms with van der Waals surface area (Å²) < 4.78 is 11.7. The second-order valence-electron chi connectivity index (χ2n) is 5.86. The van der Waals surface area contributed by atoms with Gasteiger partial charge in [-0.15, -0.1) is 0 Å². The smallest absolute Gasteiger partial charge is 0.125 e. The molecule has 112 valence electrons. The molecule has 0 saturated heterocycles. The summed E-state index contributed by atoms with van der Waals surface area (Å²) in [6.45, 7) is 4.94. The third-order valence-corrected chi connectivity index (χ3v) is 4.15. The lowest BCUT2D eigenvalue weighted by Crippen LogP contribution is -2.29. The SMILES string of the molecule is COC1CCCC(Oc2c(C)cc(CCN)cc2C)C1. The molecule has 0 heterocycles. The van der Waals surface area contributed by atoms with E-state index >= 15 is 0 Å². The quantitative estimate of drug-likeness (QED) is 0.899. The van der Waals surface area contributed by atoms with Gasteiger partial charge in [0.05, 0.1) is 6.10 Å². The van der Waals surface area contributed by atoms with Gasteiger partial charge in [-0.1, -0.05) is 12.1 Å². The number of aryl methyl sites for hydroxylation is 2. The van der Waals surface area contributed by atoms with Gasteiger partial charge in [0.1, 0.15) is 11.9 Å². The van der Waals surface area contributed by atoms with Crippen molar-refractivity contribution in [3.8, 4) is 5.75 Å². The maximum absolute atomic E-state index is 6.27. The van der Waals surface area contributed by atoms with Gasteiger partial charge in [-0.2, -0.15) is 0 Å². The Balaban J connectivity index is 2.09. The van der Waals surface area contributed by atoms with Gasteiger partial charge in [-0.3, -0.25) is 0 Å². The molecule has 3 heteroatoms. The predicted molar refractivity (Wildman–Crippen MR) is 82.4 cm³/mol. The topological polar surface area (TPSA) is 44.5 Å². The molecule has 1 aliphatic rings. The van der Waals surface area contributed by atoms with Crippen LogP contribution in [0.3, 0.4) is 0 Å². The Kier molecular flexibility index (Phi) is 5.44. The van der Waals surface area contributed by atoms with E-state index in [0.29, 0.717) is 12.6 Å². The summed E-state index contributed by atoms with van der Waals surface area (Å²) in [6.07, 6.45) is 6.04. The minimum absolute atomic E-state index is 0.284. The lowest BCUT2D eigenvalue weighted by Gasteiger charge is -2.30. The summed E-state index contributed by atoms with van der Waals surface area (Å²) in [5.41, 5.74) is 9.36. The van der Waals surface area contributed by atoms with Crippen LogP contribution in [0.4, 0.5) is 0 Å². The summed E-state index contributed by atoms with van der Waals surface area (Å²) in [7, 11) is 1.80. The van der Waals surface area contributed by atoms with E-state index in [1.165, 1.54) is 23.1 Å². The van der Waals surface area contributed by atoms with Gasteiger partial charge in [0.2, 0.25) is 0 Å². The molecular weight excluding hydrogens is 250 g/mol. The van der Waals surface area contributed by atoms with E-state index < -0.39 is 0 Å². The second kappa shape index (κ2) is 7.09. The Labute approximate surface area is 122 Å². The number of benzene rings is 1. The number of hydrogen-bond donors (Lipinski definition) is 1. The number of methoxy groups -OCH3 is 1. The molecule has 2 unspecified atom stereocenters. The van der Waals surface area contributed by atoms with Crippen LogP contribution in [0, 0.1) is 13.8 Å². The number of rotatable bonds is 5. The maximum Gasteiger partial charge on any atom is 0.125 e. The molecule has 2 N–H and O–H groups in total. The lowest BCUT2D eigenvalue weighted by atomic mass is 9.94. The van der Waals surface area contributed by atoms with Crippen molar-refractivity contribution in [1.29, 1.82) is 0 Å². The van der Waals surface area contributed by atoms with Crippen molar-refractivity contribution >= 4 is 0 Å². The van der Waals surface area contributed by atoms with Crippen molar-refractivity contribution in [3.05, 3.63) is 28.8 Å². The Bertz CT molecular complexity index is 422. The van der Waals surface area contributed by atoms with Gasteiger partial charge >= 0.3 is 0 Å². The standard InChI is InChI=1S/C17H27NO2/c1-12-9-14(7-8-18)10-13(2)17(12)20-16-6-4-5-15(11-16)19-3/h9-10,15-16H,4-8,11,18H2,1-3H3. The van der Waals surface area contributed by atoms with Crippen LogP contribution in [-0.2, 0) is 11.2 Å². The molecule has 0 aromatic heterocycles. The Hall–Kier alpha value is -1.06. The molecule has 1 aliphatic carbocycles. The normalized spacial score (nSPS) is 22.8. The highest BCUT2D eigenvalue weighted by molar-refractivity contribution is 5.43. The highest BCUT2D eigenvalue weighted by Crippen LogP contribution is 2.30. The first-order chi connectivity index (χ1) is 9.63. The Morgan fingerprint density at radius 1 is 1.15 bits per heavy atom. The molecular formula is C17H27NO2. The zero-order valence-electron chi connectivity index (χ0n) is 12.9. The summed E-state index contributed by atoms with van der Waals surface area (Å²) in [5, 5.41) is 0. The molecule has 20 heavy (non-hydrogen) atoms.